The number of nitrogens with zero attached hydrogens (tertiary/aromatic N) is 1. The van der Waals surface area contributed by atoms with E-state index in [2.05, 4.69) is 10.3 Å². The third-order valence-corrected chi connectivity index (χ3v) is 3.22. The molecule has 0 atom stereocenters. The van der Waals surface area contributed by atoms with Crippen LogP contribution in [0.1, 0.15) is 29.8 Å². The number of pyridine rings is 1. The summed E-state index contributed by atoms with van der Waals surface area (Å²) in [5, 5.41) is 2.75. The number of carbonyl (C=O) groups excluding carboxylic acids is 2. The van der Waals surface area contributed by atoms with E-state index < -0.39 is 0 Å². The third-order valence-electron chi connectivity index (χ3n) is 3.22. The maximum absolute atomic E-state index is 11.9. The average Bonchev–Trinajstić information content (AvgIpc) is 2.59. The maximum Gasteiger partial charge on any atom is 0.258 e. The number of amides is 1. The molecule has 1 heterocycles. The maximum atomic E-state index is 11.9. The van der Waals surface area contributed by atoms with Gasteiger partial charge in [0, 0.05) is 23.9 Å². The number of rotatable bonds is 8. The van der Waals surface area contributed by atoms with Crippen molar-refractivity contribution >= 4 is 11.7 Å². The topological polar surface area (TPSA) is 77.5 Å². The second kappa shape index (κ2) is 8.67. The number of hydrogen-bond acceptors (Lipinski definition) is 5. The zero-order chi connectivity index (χ0) is 17.4. The Morgan fingerprint density at radius 3 is 2.75 bits per heavy atom. The summed E-state index contributed by atoms with van der Waals surface area (Å²) in [7, 11) is 0. The lowest BCUT2D eigenvalue weighted by atomic mass is 10.1. The van der Waals surface area contributed by atoms with Gasteiger partial charge in [-0.2, -0.15) is 0 Å². The number of ketones is 1. The zero-order valence-electron chi connectivity index (χ0n) is 13.7. The molecule has 1 aromatic carbocycles. The molecule has 1 amide bonds. The van der Waals surface area contributed by atoms with Crippen molar-refractivity contribution in [1.29, 1.82) is 0 Å². The number of nitrogens with one attached hydrogen (secondary N) is 1. The average molecular weight is 328 g/mol. The highest BCUT2D eigenvalue weighted by molar-refractivity contribution is 5.94. The first kappa shape index (κ1) is 17.5. The molecule has 0 aliphatic heterocycles. The van der Waals surface area contributed by atoms with Crippen LogP contribution in [0.25, 0.3) is 0 Å². The second-order valence-electron chi connectivity index (χ2n) is 5.05. The fourth-order valence-corrected chi connectivity index (χ4v) is 2.02. The molecule has 0 unspecified atom stereocenters. The fourth-order valence-electron chi connectivity index (χ4n) is 2.02. The smallest absolute Gasteiger partial charge is 0.258 e. The van der Waals surface area contributed by atoms with E-state index >= 15 is 0 Å². The van der Waals surface area contributed by atoms with Gasteiger partial charge < -0.3 is 14.8 Å². The molecule has 0 radical (unpaired) electrons. The molecule has 1 N–H and O–H groups in total. The van der Waals surface area contributed by atoms with E-state index in [1.807, 2.05) is 13.0 Å². The number of benzene rings is 1. The first-order chi connectivity index (χ1) is 11.6. The van der Waals surface area contributed by atoms with Crippen LogP contribution in [-0.4, -0.2) is 29.9 Å². The fraction of sp³-hybridized carbons (Fsp3) is 0.278. The number of ether oxygens (including phenoxy) is 2. The summed E-state index contributed by atoms with van der Waals surface area (Å²) in [5.41, 5.74) is 1.34. The van der Waals surface area contributed by atoms with E-state index in [0.717, 1.165) is 5.56 Å². The Kier molecular flexibility index (Phi) is 6.31. The monoisotopic (exact) mass is 328 g/mol. The van der Waals surface area contributed by atoms with Crippen molar-refractivity contribution in [1.82, 2.24) is 10.3 Å². The van der Waals surface area contributed by atoms with E-state index in [-0.39, 0.29) is 18.3 Å². The van der Waals surface area contributed by atoms with Gasteiger partial charge in [-0.3, -0.25) is 9.59 Å². The Morgan fingerprint density at radius 1 is 1.17 bits per heavy atom. The predicted octanol–water partition coefficient (Wildman–Crippen LogP) is 2.38. The summed E-state index contributed by atoms with van der Waals surface area (Å²) in [6, 6.07) is 10.4. The van der Waals surface area contributed by atoms with Crippen LogP contribution < -0.4 is 14.8 Å². The van der Waals surface area contributed by atoms with Crippen molar-refractivity contribution in [2.75, 3.05) is 13.2 Å². The van der Waals surface area contributed by atoms with Crippen molar-refractivity contribution in [2.24, 2.45) is 0 Å². The number of Topliss-reactive ketones (excluding diaryl/α,β-unsaturated/α-hetero) is 1. The molecule has 126 valence electrons. The molecular weight excluding hydrogens is 308 g/mol. The molecule has 0 saturated heterocycles. The molecule has 0 aliphatic rings. The molecule has 24 heavy (non-hydrogen) atoms. The van der Waals surface area contributed by atoms with Gasteiger partial charge in [0.2, 0.25) is 5.88 Å². The molecule has 0 spiro atoms. The van der Waals surface area contributed by atoms with E-state index in [9.17, 15) is 9.59 Å². The molecular formula is C18H20N2O4. The van der Waals surface area contributed by atoms with Gasteiger partial charge in [-0.1, -0.05) is 18.2 Å². The van der Waals surface area contributed by atoms with Crippen molar-refractivity contribution in [3.8, 4) is 11.6 Å². The first-order valence-electron chi connectivity index (χ1n) is 7.67. The highest BCUT2D eigenvalue weighted by atomic mass is 16.5. The van der Waals surface area contributed by atoms with Gasteiger partial charge in [-0.25, -0.2) is 4.98 Å². The zero-order valence-corrected chi connectivity index (χ0v) is 13.7. The van der Waals surface area contributed by atoms with E-state index in [1.165, 1.54) is 6.92 Å². The van der Waals surface area contributed by atoms with Crippen molar-refractivity contribution in [2.45, 2.75) is 20.4 Å². The summed E-state index contributed by atoms with van der Waals surface area (Å²) < 4.78 is 10.8. The number of aromatic nitrogens is 1. The van der Waals surface area contributed by atoms with Crippen molar-refractivity contribution in [3.05, 3.63) is 53.7 Å². The molecule has 1 aromatic heterocycles. The van der Waals surface area contributed by atoms with Crippen LogP contribution >= 0.6 is 0 Å². The van der Waals surface area contributed by atoms with Crippen LogP contribution in [-0.2, 0) is 11.3 Å². The van der Waals surface area contributed by atoms with Gasteiger partial charge >= 0.3 is 0 Å². The van der Waals surface area contributed by atoms with Crippen LogP contribution in [0.2, 0.25) is 0 Å². The van der Waals surface area contributed by atoms with Gasteiger partial charge in [0.15, 0.2) is 12.4 Å². The minimum atomic E-state index is -0.269. The lowest BCUT2D eigenvalue weighted by Gasteiger charge is -2.10. The molecule has 0 bridgehead atoms. The predicted molar refractivity (Wildman–Crippen MR) is 89.2 cm³/mol. The lowest BCUT2D eigenvalue weighted by molar-refractivity contribution is -0.123. The number of hydrogen-bond donors (Lipinski definition) is 1. The Balaban J connectivity index is 1.86. The summed E-state index contributed by atoms with van der Waals surface area (Å²) in [6.45, 7) is 4.04. The van der Waals surface area contributed by atoms with E-state index in [4.69, 9.17) is 9.47 Å². The first-order valence-corrected chi connectivity index (χ1v) is 7.67. The van der Waals surface area contributed by atoms with Gasteiger partial charge in [0.1, 0.15) is 5.75 Å². The molecule has 0 fully saturated rings. The summed E-state index contributed by atoms with van der Waals surface area (Å²) in [5.74, 6) is 0.670. The largest absolute Gasteiger partial charge is 0.484 e. The van der Waals surface area contributed by atoms with Crippen molar-refractivity contribution < 1.29 is 19.1 Å². The van der Waals surface area contributed by atoms with Crippen LogP contribution in [0.3, 0.4) is 0 Å². The molecule has 6 heteroatoms. The highest BCUT2D eigenvalue weighted by Gasteiger charge is 2.08. The Labute approximate surface area is 140 Å². The quantitative estimate of drug-likeness (QED) is 0.753. The van der Waals surface area contributed by atoms with Crippen LogP contribution in [0.5, 0.6) is 11.6 Å². The lowest BCUT2D eigenvalue weighted by Crippen LogP contribution is -2.28. The Bertz CT molecular complexity index is 716. The van der Waals surface area contributed by atoms with Crippen LogP contribution in [0, 0.1) is 0 Å². The summed E-state index contributed by atoms with van der Waals surface area (Å²) in [6.07, 6.45) is 1.64. The van der Waals surface area contributed by atoms with Gasteiger partial charge in [0.05, 0.1) is 6.61 Å². The molecule has 6 nitrogen and oxygen atoms in total. The molecule has 2 aromatic rings. The number of carbonyl (C=O) groups is 2. The SMILES string of the molecule is CCOc1ncccc1CNC(=O)COc1cccc(C(C)=O)c1. The normalized spacial score (nSPS) is 10.1. The molecule has 0 aliphatic carbocycles. The molecule has 0 saturated carbocycles. The van der Waals surface area contributed by atoms with Crippen molar-refractivity contribution in [3.63, 3.8) is 0 Å². The third kappa shape index (κ3) is 5.08. The Morgan fingerprint density at radius 2 is 2.00 bits per heavy atom. The minimum Gasteiger partial charge on any atom is -0.484 e. The standard InChI is InChI=1S/C18H20N2O4/c1-3-23-18-15(7-5-9-19-18)11-20-17(22)12-24-16-8-4-6-14(10-16)13(2)21/h4-10H,3,11-12H2,1-2H3,(H,20,22). The second-order valence-corrected chi connectivity index (χ2v) is 5.05. The summed E-state index contributed by atoms with van der Waals surface area (Å²) in [4.78, 5) is 27.4. The highest BCUT2D eigenvalue weighted by Crippen LogP contribution is 2.15. The van der Waals surface area contributed by atoms with E-state index in [1.54, 1.807) is 36.5 Å². The van der Waals surface area contributed by atoms with Gasteiger partial charge in [0.25, 0.3) is 5.91 Å². The van der Waals surface area contributed by atoms with Gasteiger partial charge in [-0.15, -0.1) is 0 Å². The van der Waals surface area contributed by atoms with E-state index in [0.29, 0.717) is 30.3 Å². The summed E-state index contributed by atoms with van der Waals surface area (Å²) >= 11 is 0. The molecule has 2 rings (SSSR count). The van der Waals surface area contributed by atoms with Crippen LogP contribution in [0.15, 0.2) is 42.6 Å². The van der Waals surface area contributed by atoms with Crippen LogP contribution in [0.4, 0.5) is 0 Å². The van der Waals surface area contributed by atoms with Gasteiger partial charge in [-0.05, 0) is 32.0 Å². The Hall–Kier alpha value is -2.89. The minimum absolute atomic E-state index is 0.0510.